The van der Waals surface area contributed by atoms with Gasteiger partial charge in [0.1, 0.15) is 11.6 Å². The van der Waals surface area contributed by atoms with E-state index in [0.717, 1.165) is 17.8 Å². The van der Waals surface area contributed by atoms with Crippen molar-refractivity contribution < 1.29 is 18.7 Å². The molecule has 0 fully saturated rings. The highest BCUT2D eigenvalue weighted by atomic mass is 19.1. The summed E-state index contributed by atoms with van der Waals surface area (Å²) in [5.74, 6) is 1.57. The zero-order valence-corrected chi connectivity index (χ0v) is 18.7. The number of amides is 1. The Morgan fingerprint density at radius 2 is 1.79 bits per heavy atom. The van der Waals surface area contributed by atoms with Crippen LogP contribution in [-0.4, -0.2) is 52.8 Å². The van der Waals surface area contributed by atoms with Gasteiger partial charge in [-0.3, -0.25) is 9.20 Å². The quantitative estimate of drug-likeness (QED) is 0.375. The number of rotatable bonds is 9. The molecule has 0 atom stereocenters. The maximum absolute atomic E-state index is 13.7. The largest absolute Gasteiger partial charge is 0.493 e. The Morgan fingerprint density at radius 3 is 2.55 bits per heavy atom. The molecule has 0 aliphatic rings. The standard InChI is InChI=1S/C23H25FN6O3/c1-14-28-29-22-21(27-17-12-19(32-2)20(33-3)13-18(17)30(14)22)25-10-6-7-11-26-23(31)15-8-4-5-9-16(15)24/h4-5,8-9,12-13H,6-7,10-11H2,1-3H3,(H,25,27)(H,26,31). The molecule has 0 aliphatic carbocycles. The summed E-state index contributed by atoms with van der Waals surface area (Å²) < 4.78 is 26.4. The van der Waals surface area contributed by atoms with Crippen molar-refractivity contribution in [1.29, 1.82) is 0 Å². The maximum atomic E-state index is 13.7. The zero-order valence-electron chi connectivity index (χ0n) is 18.7. The first kappa shape index (κ1) is 22.3. The number of carbonyl (C=O) groups is 1. The van der Waals surface area contributed by atoms with Crippen molar-refractivity contribution in [3.8, 4) is 11.5 Å². The van der Waals surface area contributed by atoms with Gasteiger partial charge >= 0.3 is 0 Å². The number of unbranched alkanes of at least 4 members (excludes halogenated alkanes) is 1. The molecule has 9 nitrogen and oxygen atoms in total. The summed E-state index contributed by atoms with van der Waals surface area (Å²) in [7, 11) is 3.17. The van der Waals surface area contributed by atoms with Crippen LogP contribution in [0.25, 0.3) is 16.7 Å². The van der Waals surface area contributed by atoms with E-state index in [9.17, 15) is 9.18 Å². The van der Waals surface area contributed by atoms with Gasteiger partial charge in [0.05, 0.1) is 30.8 Å². The summed E-state index contributed by atoms with van der Waals surface area (Å²) >= 11 is 0. The zero-order chi connectivity index (χ0) is 23.4. The van der Waals surface area contributed by atoms with Crippen LogP contribution in [0.15, 0.2) is 36.4 Å². The third-order valence-electron chi connectivity index (χ3n) is 5.29. The molecule has 0 saturated carbocycles. The molecule has 1 amide bonds. The topological polar surface area (TPSA) is 103 Å². The normalized spacial score (nSPS) is 11.0. The lowest BCUT2D eigenvalue weighted by Crippen LogP contribution is -2.25. The molecule has 0 aliphatic heterocycles. The molecule has 0 unspecified atom stereocenters. The van der Waals surface area contributed by atoms with E-state index < -0.39 is 11.7 Å². The van der Waals surface area contributed by atoms with E-state index in [0.29, 0.717) is 48.0 Å². The molecule has 0 radical (unpaired) electrons. The van der Waals surface area contributed by atoms with Crippen molar-refractivity contribution in [3.63, 3.8) is 0 Å². The molecular weight excluding hydrogens is 427 g/mol. The fourth-order valence-corrected chi connectivity index (χ4v) is 3.62. The second-order valence-corrected chi connectivity index (χ2v) is 7.43. The van der Waals surface area contributed by atoms with Crippen molar-refractivity contribution in [2.24, 2.45) is 0 Å². The predicted octanol–water partition coefficient (Wildman–Crippen LogP) is 3.36. The van der Waals surface area contributed by atoms with Crippen LogP contribution >= 0.6 is 0 Å². The van der Waals surface area contributed by atoms with E-state index in [1.54, 1.807) is 26.4 Å². The second kappa shape index (κ2) is 9.68. The number of carbonyl (C=O) groups excluding carboxylic acids is 1. The monoisotopic (exact) mass is 452 g/mol. The van der Waals surface area contributed by atoms with Crippen LogP contribution in [0.5, 0.6) is 11.5 Å². The molecule has 4 aromatic rings. The molecule has 172 valence electrons. The van der Waals surface area contributed by atoms with Gasteiger partial charge in [0.2, 0.25) is 5.65 Å². The van der Waals surface area contributed by atoms with E-state index in [2.05, 4.69) is 20.8 Å². The molecular formula is C23H25FN6O3. The second-order valence-electron chi connectivity index (χ2n) is 7.43. The van der Waals surface area contributed by atoms with Gasteiger partial charge in [-0.1, -0.05) is 12.1 Å². The van der Waals surface area contributed by atoms with Crippen molar-refractivity contribution in [3.05, 3.63) is 53.6 Å². The molecule has 4 rings (SSSR count). The van der Waals surface area contributed by atoms with E-state index in [-0.39, 0.29) is 5.56 Å². The number of benzene rings is 2. The van der Waals surface area contributed by atoms with Crippen LogP contribution in [0.2, 0.25) is 0 Å². The SMILES string of the molecule is COc1cc2nc(NCCCCNC(=O)c3ccccc3F)c3nnc(C)n3c2cc1OC. The summed E-state index contributed by atoms with van der Waals surface area (Å²) in [6, 6.07) is 9.60. The fourth-order valence-electron chi connectivity index (χ4n) is 3.62. The maximum Gasteiger partial charge on any atom is 0.254 e. The average Bonchev–Trinajstić information content (AvgIpc) is 3.22. The minimum Gasteiger partial charge on any atom is -0.493 e. The Morgan fingerprint density at radius 1 is 1.06 bits per heavy atom. The number of hydrogen-bond acceptors (Lipinski definition) is 7. The molecule has 2 N–H and O–H groups in total. The first-order valence-electron chi connectivity index (χ1n) is 10.6. The molecule has 10 heteroatoms. The van der Waals surface area contributed by atoms with Gasteiger partial charge in [-0.2, -0.15) is 0 Å². The van der Waals surface area contributed by atoms with Gasteiger partial charge in [-0.15, -0.1) is 10.2 Å². The van der Waals surface area contributed by atoms with Gasteiger partial charge in [0, 0.05) is 25.2 Å². The first-order valence-corrected chi connectivity index (χ1v) is 10.6. The minimum absolute atomic E-state index is 0.0487. The number of halogens is 1. The lowest BCUT2D eigenvalue weighted by atomic mass is 10.2. The minimum atomic E-state index is -0.527. The van der Waals surface area contributed by atoms with Crippen LogP contribution in [0.1, 0.15) is 29.0 Å². The lowest BCUT2D eigenvalue weighted by molar-refractivity contribution is 0.0949. The van der Waals surface area contributed by atoms with Crippen LogP contribution in [0, 0.1) is 12.7 Å². The number of ether oxygens (including phenoxy) is 2. The van der Waals surface area contributed by atoms with Crippen molar-refractivity contribution >= 4 is 28.4 Å². The van der Waals surface area contributed by atoms with Crippen LogP contribution < -0.4 is 20.1 Å². The van der Waals surface area contributed by atoms with Gasteiger partial charge in [0.15, 0.2) is 17.3 Å². The summed E-state index contributed by atoms with van der Waals surface area (Å²) in [6.07, 6.45) is 1.48. The van der Waals surface area contributed by atoms with Gasteiger partial charge in [-0.25, -0.2) is 9.37 Å². The molecule has 0 bridgehead atoms. The highest BCUT2D eigenvalue weighted by molar-refractivity contribution is 5.94. The van der Waals surface area contributed by atoms with Crippen molar-refractivity contribution in [1.82, 2.24) is 24.9 Å². The molecule has 0 saturated heterocycles. The Kier molecular flexibility index (Phi) is 6.53. The number of anilines is 1. The van der Waals surface area contributed by atoms with Crippen molar-refractivity contribution in [2.45, 2.75) is 19.8 Å². The number of nitrogens with one attached hydrogen (secondary N) is 2. The highest BCUT2D eigenvalue weighted by Gasteiger charge is 2.16. The predicted molar refractivity (Wildman–Crippen MR) is 123 cm³/mol. The summed E-state index contributed by atoms with van der Waals surface area (Å²) in [5, 5.41) is 14.5. The van der Waals surface area contributed by atoms with Gasteiger partial charge < -0.3 is 20.1 Å². The number of aromatic nitrogens is 4. The number of aryl methyl sites for hydroxylation is 1. The number of fused-ring (bicyclic) bond motifs is 3. The summed E-state index contributed by atoms with van der Waals surface area (Å²) in [6.45, 7) is 2.93. The number of methoxy groups -OCH3 is 2. The lowest BCUT2D eigenvalue weighted by Gasteiger charge is -2.13. The Labute approximate surface area is 189 Å². The van der Waals surface area contributed by atoms with Crippen LogP contribution in [-0.2, 0) is 0 Å². The highest BCUT2D eigenvalue weighted by Crippen LogP contribution is 2.33. The average molecular weight is 452 g/mol. The number of nitrogens with zero attached hydrogens (tertiary/aromatic N) is 4. The van der Waals surface area contributed by atoms with Gasteiger partial charge in [-0.05, 0) is 31.9 Å². The molecule has 2 aromatic carbocycles. The third-order valence-corrected chi connectivity index (χ3v) is 5.29. The Bertz CT molecular complexity index is 1310. The Hall–Kier alpha value is -3.95. The molecule has 0 spiro atoms. The molecule has 2 aromatic heterocycles. The van der Waals surface area contributed by atoms with E-state index in [1.807, 2.05) is 23.5 Å². The first-order chi connectivity index (χ1) is 16.0. The van der Waals surface area contributed by atoms with E-state index in [4.69, 9.17) is 14.5 Å². The molecule has 2 heterocycles. The summed E-state index contributed by atoms with van der Waals surface area (Å²) in [5.41, 5.74) is 2.18. The van der Waals surface area contributed by atoms with E-state index >= 15 is 0 Å². The smallest absolute Gasteiger partial charge is 0.254 e. The third kappa shape index (κ3) is 4.50. The summed E-state index contributed by atoms with van der Waals surface area (Å²) in [4.78, 5) is 16.8. The van der Waals surface area contributed by atoms with Crippen molar-refractivity contribution in [2.75, 3.05) is 32.6 Å². The fraction of sp³-hybridized carbons (Fsp3) is 0.304. The van der Waals surface area contributed by atoms with Gasteiger partial charge in [0.25, 0.3) is 5.91 Å². The van der Waals surface area contributed by atoms with E-state index in [1.165, 1.54) is 12.1 Å². The Balaban J connectivity index is 1.42. The van der Waals surface area contributed by atoms with Crippen LogP contribution in [0.3, 0.4) is 0 Å². The molecule has 33 heavy (non-hydrogen) atoms. The number of hydrogen-bond donors (Lipinski definition) is 2. The van der Waals surface area contributed by atoms with Crippen LogP contribution in [0.4, 0.5) is 10.2 Å².